The number of hydrogen-bond donors (Lipinski definition) is 2. The van der Waals surface area contributed by atoms with Gasteiger partial charge in [-0.15, -0.1) is 0 Å². The summed E-state index contributed by atoms with van der Waals surface area (Å²) in [6.45, 7) is 2.72. The van der Waals surface area contributed by atoms with E-state index < -0.39 is 4.92 Å². The van der Waals surface area contributed by atoms with E-state index in [-0.39, 0.29) is 5.69 Å². The predicted molar refractivity (Wildman–Crippen MR) is 82.9 cm³/mol. The van der Waals surface area contributed by atoms with E-state index in [2.05, 4.69) is 22.3 Å². The third-order valence-electron chi connectivity index (χ3n) is 4.10. The van der Waals surface area contributed by atoms with Crippen molar-refractivity contribution in [2.24, 2.45) is 5.84 Å². The number of hydrazine groups is 1. The number of hydrogen-bond acceptors (Lipinski definition) is 6. The molecule has 1 heterocycles. The topological polar surface area (TPSA) is 87.7 Å². The maximum atomic E-state index is 11.0. The molecule has 0 aliphatic carbocycles. The van der Waals surface area contributed by atoms with Gasteiger partial charge in [0.1, 0.15) is 5.69 Å². The van der Waals surface area contributed by atoms with Gasteiger partial charge in [-0.05, 0) is 39.0 Å². The summed E-state index contributed by atoms with van der Waals surface area (Å²) >= 11 is 0. The summed E-state index contributed by atoms with van der Waals surface area (Å²) in [6.07, 6.45) is 2.44. The monoisotopic (exact) mass is 293 g/mol. The molecule has 21 heavy (non-hydrogen) atoms. The smallest absolute Gasteiger partial charge is 0.293 e. The second kappa shape index (κ2) is 6.84. The lowest BCUT2D eigenvalue weighted by Crippen LogP contribution is -2.36. The average molecular weight is 293 g/mol. The fraction of sp³-hybridized carbons (Fsp3) is 0.571. The van der Waals surface area contributed by atoms with Crippen molar-refractivity contribution in [3.8, 4) is 0 Å². The zero-order chi connectivity index (χ0) is 15.4. The molecule has 7 nitrogen and oxygen atoms in total. The average Bonchev–Trinajstić information content (AvgIpc) is 2.83. The summed E-state index contributed by atoms with van der Waals surface area (Å²) in [4.78, 5) is 15.2. The fourth-order valence-electron chi connectivity index (χ4n) is 2.96. The largest absolute Gasteiger partial charge is 0.318 e. The van der Waals surface area contributed by atoms with Gasteiger partial charge in [0, 0.05) is 25.2 Å². The number of nitro groups is 1. The van der Waals surface area contributed by atoms with E-state index in [1.807, 2.05) is 13.1 Å². The Morgan fingerprint density at radius 2 is 2.33 bits per heavy atom. The van der Waals surface area contributed by atoms with Gasteiger partial charge in [-0.1, -0.05) is 12.1 Å². The van der Waals surface area contributed by atoms with Gasteiger partial charge in [-0.2, -0.15) is 0 Å². The van der Waals surface area contributed by atoms with E-state index >= 15 is 0 Å². The second-order valence-electron chi connectivity index (χ2n) is 5.69. The Hall–Kier alpha value is -1.70. The van der Waals surface area contributed by atoms with Crippen LogP contribution in [0.25, 0.3) is 0 Å². The van der Waals surface area contributed by atoms with E-state index in [1.54, 1.807) is 6.07 Å². The number of nitrogen functional groups attached to an aromatic ring is 1. The van der Waals surface area contributed by atoms with E-state index in [0.717, 1.165) is 18.7 Å². The Balaban J connectivity index is 2.08. The molecule has 0 bridgehead atoms. The van der Waals surface area contributed by atoms with E-state index in [9.17, 15) is 10.1 Å². The number of nitrogens with zero attached hydrogens (tertiary/aromatic N) is 3. The zero-order valence-electron chi connectivity index (χ0n) is 12.6. The van der Waals surface area contributed by atoms with Crippen LogP contribution in [0.5, 0.6) is 0 Å². The number of likely N-dealkylation sites (N-methyl/N-ethyl adjacent to an activating group) is 2. The Morgan fingerprint density at radius 1 is 1.57 bits per heavy atom. The summed E-state index contributed by atoms with van der Waals surface area (Å²) < 4.78 is 0. The first-order chi connectivity index (χ1) is 10.0. The molecule has 0 amide bonds. The molecule has 1 aliphatic rings. The van der Waals surface area contributed by atoms with Crippen molar-refractivity contribution in [1.82, 2.24) is 9.80 Å². The van der Waals surface area contributed by atoms with Crippen molar-refractivity contribution in [1.29, 1.82) is 0 Å². The molecule has 0 spiro atoms. The summed E-state index contributed by atoms with van der Waals surface area (Å²) in [5.41, 5.74) is 3.73. The van der Waals surface area contributed by atoms with Crippen LogP contribution in [0, 0.1) is 10.1 Å². The van der Waals surface area contributed by atoms with Gasteiger partial charge in [-0.3, -0.25) is 16.0 Å². The van der Waals surface area contributed by atoms with E-state index in [4.69, 9.17) is 5.84 Å². The summed E-state index contributed by atoms with van der Waals surface area (Å²) in [5.74, 6) is 5.47. The Kier molecular flexibility index (Phi) is 5.11. The molecule has 1 unspecified atom stereocenters. The minimum absolute atomic E-state index is 0.0152. The fourth-order valence-corrected chi connectivity index (χ4v) is 2.96. The molecule has 7 heteroatoms. The Labute approximate surface area is 124 Å². The highest BCUT2D eigenvalue weighted by Crippen LogP contribution is 2.28. The van der Waals surface area contributed by atoms with Crippen LogP contribution in [0.3, 0.4) is 0 Å². The third kappa shape index (κ3) is 3.69. The number of nitrogens with two attached hydrogens (primary N) is 1. The first-order valence-electron chi connectivity index (χ1n) is 7.14. The third-order valence-corrected chi connectivity index (χ3v) is 4.10. The molecule has 0 radical (unpaired) electrons. The molecule has 1 aromatic rings. The highest BCUT2D eigenvalue weighted by molar-refractivity contribution is 5.65. The number of likely N-dealkylation sites (tertiary alicyclic amines) is 1. The minimum Gasteiger partial charge on any atom is -0.318 e. The van der Waals surface area contributed by atoms with Crippen molar-refractivity contribution in [3.63, 3.8) is 0 Å². The number of nitrogens with one attached hydrogen (secondary N) is 1. The summed E-state index contributed by atoms with van der Waals surface area (Å²) in [5, 5.41) is 11.0. The van der Waals surface area contributed by atoms with Crippen LogP contribution in [0.4, 0.5) is 11.4 Å². The van der Waals surface area contributed by atoms with Crippen LogP contribution >= 0.6 is 0 Å². The molecule has 1 fully saturated rings. The molecule has 1 aromatic carbocycles. The van der Waals surface area contributed by atoms with Gasteiger partial charge in [0.15, 0.2) is 0 Å². The molecule has 1 aliphatic heterocycles. The van der Waals surface area contributed by atoms with Crippen LogP contribution in [0.15, 0.2) is 18.2 Å². The van der Waals surface area contributed by atoms with Crippen molar-refractivity contribution >= 4 is 11.4 Å². The molecule has 3 N–H and O–H groups in total. The maximum Gasteiger partial charge on any atom is 0.293 e. The molecular weight excluding hydrogens is 270 g/mol. The van der Waals surface area contributed by atoms with Gasteiger partial charge >= 0.3 is 0 Å². The lowest BCUT2D eigenvalue weighted by Gasteiger charge is -2.26. The van der Waals surface area contributed by atoms with E-state index in [1.165, 1.54) is 18.9 Å². The van der Waals surface area contributed by atoms with Crippen molar-refractivity contribution in [2.75, 3.05) is 32.6 Å². The maximum absolute atomic E-state index is 11.0. The van der Waals surface area contributed by atoms with Gasteiger partial charge in [0.2, 0.25) is 0 Å². The van der Waals surface area contributed by atoms with Crippen LogP contribution in [-0.4, -0.2) is 47.9 Å². The van der Waals surface area contributed by atoms with Crippen molar-refractivity contribution in [3.05, 3.63) is 33.9 Å². The highest BCUT2D eigenvalue weighted by Gasteiger charge is 2.23. The van der Waals surface area contributed by atoms with Crippen LogP contribution in [-0.2, 0) is 6.54 Å². The first-order valence-corrected chi connectivity index (χ1v) is 7.14. The number of rotatable bonds is 6. The second-order valence-corrected chi connectivity index (χ2v) is 5.69. The van der Waals surface area contributed by atoms with Crippen molar-refractivity contribution in [2.45, 2.75) is 25.4 Å². The van der Waals surface area contributed by atoms with Gasteiger partial charge in [0.05, 0.1) is 4.92 Å². The van der Waals surface area contributed by atoms with Crippen LogP contribution in [0.1, 0.15) is 18.4 Å². The van der Waals surface area contributed by atoms with Crippen LogP contribution in [0.2, 0.25) is 0 Å². The molecule has 116 valence electrons. The lowest BCUT2D eigenvalue weighted by molar-refractivity contribution is -0.384. The normalized spacial score (nSPS) is 19.1. The number of nitro benzene ring substituents is 1. The Morgan fingerprint density at radius 3 is 2.90 bits per heavy atom. The molecule has 1 saturated heterocycles. The van der Waals surface area contributed by atoms with Crippen LogP contribution < -0.4 is 11.3 Å². The highest BCUT2D eigenvalue weighted by atomic mass is 16.6. The molecule has 0 aromatic heterocycles. The predicted octanol–water partition coefficient (Wildman–Crippen LogP) is 1.41. The first kappa shape index (κ1) is 15.7. The summed E-state index contributed by atoms with van der Waals surface area (Å²) in [7, 11) is 4.18. The number of para-hydroxylation sites is 1. The standard InChI is InChI=1S/C14H23N5O2/c1-17(10-12-6-4-8-18(12)2)9-11-5-3-7-13(19(20)21)14(11)16-15/h3,5,7,12,16H,4,6,8-10,15H2,1-2H3. The van der Waals surface area contributed by atoms with Gasteiger partial charge in [-0.25, -0.2) is 0 Å². The SMILES string of the molecule is CN(Cc1cccc([N+](=O)[O-])c1NN)CC1CCCN1C. The van der Waals surface area contributed by atoms with Gasteiger partial charge in [0.25, 0.3) is 5.69 Å². The zero-order valence-corrected chi connectivity index (χ0v) is 12.6. The van der Waals surface area contributed by atoms with Crippen molar-refractivity contribution < 1.29 is 4.92 Å². The Bertz CT molecular complexity index is 508. The molecule has 1 atom stereocenters. The lowest BCUT2D eigenvalue weighted by atomic mass is 10.1. The molecule has 2 rings (SSSR count). The number of anilines is 1. The number of benzene rings is 1. The quantitative estimate of drug-likeness (QED) is 0.468. The molecule has 0 saturated carbocycles. The van der Waals surface area contributed by atoms with Gasteiger partial charge < -0.3 is 15.2 Å². The minimum atomic E-state index is -0.413. The molecular formula is C14H23N5O2. The summed E-state index contributed by atoms with van der Waals surface area (Å²) in [6, 6.07) is 5.59. The van der Waals surface area contributed by atoms with E-state index in [0.29, 0.717) is 18.3 Å².